The van der Waals surface area contributed by atoms with Crippen LogP contribution in [0.4, 0.5) is 11.4 Å². The van der Waals surface area contributed by atoms with Gasteiger partial charge in [-0.25, -0.2) is 0 Å². The molecule has 1 aromatic carbocycles. The van der Waals surface area contributed by atoms with Crippen molar-refractivity contribution in [3.05, 3.63) is 54.4 Å². The number of methoxy groups -OCH3 is 1. The van der Waals surface area contributed by atoms with E-state index in [1.54, 1.807) is 31.6 Å². The molecule has 0 saturated carbocycles. The van der Waals surface area contributed by atoms with Crippen molar-refractivity contribution in [3.8, 4) is 0 Å². The van der Waals surface area contributed by atoms with Gasteiger partial charge in [-0.3, -0.25) is 9.78 Å². The molecule has 0 aliphatic carbocycles. The average Bonchev–Trinajstić information content (AvgIpc) is 3.05. The Morgan fingerprint density at radius 1 is 1.32 bits per heavy atom. The Bertz CT molecular complexity index is 628. The van der Waals surface area contributed by atoms with Crippen LogP contribution in [0.5, 0.6) is 0 Å². The topological polar surface area (TPSA) is 54.5 Å². The molecule has 5 heteroatoms. The molecule has 1 aromatic heterocycles. The molecule has 0 bridgehead atoms. The molecule has 22 heavy (non-hydrogen) atoms. The van der Waals surface area contributed by atoms with E-state index in [-0.39, 0.29) is 5.91 Å². The fourth-order valence-electron chi connectivity index (χ4n) is 2.61. The first-order valence-corrected chi connectivity index (χ1v) is 7.35. The number of anilines is 2. The summed E-state index contributed by atoms with van der Waals surface area (Å²) >= 11 is 0. The standard InChI is InChI=1S/C17H19N3O2/c1-22-16-8-10-20(12-16)15-6-4-14(5-7-15)19-17(21)13-3-2-9-18-11-13/h2-7,9,11,16H,8,10,12H2,1H3,(H,19,21)/t16-/m1/s1. The lowest BCUT2D eigenvalue weighted by atomic mass is 10.2. The van der Waals surface area contributed by atoms with Crippen molar-refractivity contribution >= 4 is 17.3 Å². The molecule has 3 rings (SSSR count). The third kappa shape index (κ3) is 3.26. The highest BCUT2D eigenvalue weighted by atomic mass is 16.5. The van der Waals surface area contributed by atoms with Crippen LogP contribution in [0.2, 0.25) is 0 Å². The summed E-state index contributed by atoms with van der Waals surface area (Å²) in [4.78, 5) is 18.3. The minimum atomic E-state index is -0.151. The predicted octanol–water partition coefficient (Wildman–Crippen LogP) is 2.56. The van der Waals surface area contributed by atoms with Crippen LogP contribution in [0.25, 0.3) is 0 Å². The molecule has 5 nitrogen and oxygen atoms in total. The van der Waals surface area contributed by atoms with E-state index in [4.69, 9.17) is 4.74 Å². The van der Waals surface area contributed by atoms with Crippen LogP contribution in [-0.2, 0) is 4.74 Å². The summed E-state index contributed by atoms with van der Waals surface area (Å²) in [7, 11) is 1.76. The zero-order valence-electron chi connectivity index (χ0n) is 12.5. The van der Waals surface area contributed by atoms with E-state index in [1.807, 2.05) is 24.3 Å². The van der Waals surface area contributed by atoms with Gasteiger partial charge >= 0.3 is 0 Å². The van der Waals surface area contributed by atoms with Gasteiger partial charge in [0.2, 0.25) is 0 Å². The maximum absolute atomic E-state index is 12.1. The van der Waals surface area contributed by atoms with E-state index in [9.17, 15) is 4.79 Å². The summed E-state index contributed by atoms with van der Waals surface area (Å²) in [5, 5.41) is 2.87. The number of aromatic nitrogens is 1. The first-order valence-electron chi connectivity index (χ1n) is 7.35. The maximum atomic E-state index is 12.1. The molecule has 1 saturated heterocycles. The van der Waals surface area contributed by atoms with Gasteiger partial charge in [0.25, 0.3) is 5.91 Å². The van der Waals surface area contributed by atoms with Gasteiger partial charge in [0.05, 0.1) is 11.7 Å². The Kier molecular flexibility index (Phi) is 4.34. The lowest BCUT2D eigenvalue weighted by Crippen LogP contribution is -2.22. The molecular formula is C17H19N3O2. The van der Waals surface area contributed by atoms with Crippen LogP contribution < -0.4 is 10.2 Å². The Labute approximate surface area is 129 Å². The molecule has 114 valence electrons. The minimum absolute atomic E-state index is 0.151. The van der Waals surface area contributed by atoms with E-state index in [2.05, 4.69) is 15.2 Å². The van der Waals surface area contributed by atoms with Gasteiger partial charge in [0.15, 0.2) is 0 Å². The van der Waals surface area contributed by atoms with E-state index in [0.29, 0.717) is 11.7 Å². The SMILES string of the molecule is CO[C@@H]1CCN(c2ccc(NC(=O)c3cccnc3)cc2)C1. The van der Waals surface area contributed by atoms with Gasteiger partial charge in [0.1, 0.15) is 0 Å². The number of ether oxygens (including phenoxy) is 1. The highest BCUT2D eigenvalue weighted by molar-refractivity contribution is 6.04. The lowest BCUT2D eigenvalue weighted by Gasteiger charge is -2.18. The third-order valence-electron chi connectivity index (χ3n) is 3.89. The highest BCUT2D eigenvalue weighted by Gasteiger charge is 2.22. The van der Waals surface area contributed by atoms with Crippen LogP contribution in [-0.4, -0.2) is 37.2 Å². The van der Waals surface area contributed by atoms with Crippen molar-refractivity contribution in [2.45, 2.75) is 12.5 Å². The van der Waals surface area contributed by atoms with Crippen molar-refractivity contribution in [1.29, 1.82) is 0 Å². The van der Waals surface area contributed by atoms with Crippen LogP contribution in [0.1, 0.15) is 16.8 Å². The number of hydrogen-bond donors (Lipinski definition) is 1. The molecular weight excluding hydrogens is 278 g/mol. The number of rotatable bonds is 4. The first kappa shape index (κ1) is 14.5. The molecule has 0 unspecified atom stereocenters. The van der Waals surface area contributed by atoms with Crippen LogP contribution in [0.15, 0.2) is 48.8 Å². The van der Waals surface area contributed by atoms with Gasteiger partial charge in [-0.15, -0.1) is 0 Å². The number of hydrogen-bond acceptors (Lipinski definition) is 4. The zero-order valence-corrected chi connectivity index (χ0v) is 12.5. The van der Waals surface area contributed by atoms with E-state index >= 15 is 0 Å². The smallest absolute Gasteiger partial charge is 0.257 e. The van der Waals surface area contributed by atoms with Crippen molar-refractivity contribution in [2.24, 2.45) is 0 Å². The minimum Gasteiger partial charge on any atom is -0.380 e. The van der Waals surface area contributed by atoms with Crippen LogP contribution in [0, 0.1) is 0 Å². The summed E-state index contributed by atoms with van der Waals surface area (Å²) in [5.74, 6) is -0.151. The molecule has 1 fully saturated rings. The summed E-state index contributed by atoms with van der Waals surface area (Å²) < 4.78 is 5.38. The number of nitrogens with zero attached hydrogens (tertiary/aromatic N) is 2. The fraction of sp³-hybridized carbons (Fsp3) is 0.294. The Hall–Kier alpha value is -2.40. The van der Waals surface area contributed by atoms with E-state index < -0.39 is 0 Å². The second kappa shape index (κ2) is 6.58. The second-order valence-electron chi connectivity index (χ2n) is 5.34. The molecule has 1 atom stereocenters. The quantitative estimate of drug-likeness (QED) is 0.942. The number of carbonyl (C=O) groups excluding carboxylic acids is 1. The molecule has 2 aromatic rings. The van der Waals surface area contributed by atoms with Gasteiger partial charge < -0.3 is 15.0 Å². The first-order chi connectivity index (χ1) is 10.8. The second-order valence-corrected chi connectivity index (χ2v) is 5.34. The van der Waals surface area contributed by atoms with Gasteiger partial charge in [-0.05, 0) is 42.8 Å². The van der Waals surface area contributed by atoms with Crippen molar-refractivity contribution in [2.75, 3.05) is 30.4 Å². The number of pyridine rings is 1. The molecule has 0 spiro atoms. The fourth-order valence-corrected chi connectivity index (χ4v) is 2.61. The van der Waals surface area contributed by atoms with Crippen molar-refractivity contribution in [1.82, 2.24) is 4.98 Å². The molecule has 2 heterocycles. The van der Waals surface area contributed by atoms with E-state index in [0.717, 1.165) is 30.9 Å². The lowest BCUT2D eigenvalue weighted by molar-refractivity contribution is 0.102. The molecule has 0 radical (unpaired) electrons. The molecule has 1 amide bonds. The van der Waals surface area contributed by atoms with Crippen LogP contribution in [0.3, 0.4) is 0 Å². The zero-order chi connectivity index (χ0) is 15.4. The summed E-state index contributed by atoms with van der Waals surface area (Å²) in [6.45, 7) is 1.91. The predicted molar refractivity (Wildman–Crippen MR) is 86.3 cm³/mol. The summed E-state index contributed by atoms with van der Waals surface area (Å²) in [5.41, 5.74) is 2.48. The number of amides is 1. The summed E-state index contributed by atoms with van der Waals surface area (Å²) in [6, 6.07) is 11.4. The highest BCUT2D eigenvalue weighted by Crippen LogP contribution is 2.23. The monoisotopic (exact) mass is 297 g/mol. The number of nitrogens with one attached hydrogen (secondary N) is 1. The van der Waals surface area contributed by atoms with Crippen LogP contribution >= 0.6 is 0 Å². The number of carbonyl (C=O) groups is 1. The normalized spacial score (nSPS) is 17.5. The van der Waals surface area contributed by atoms with Gasteiger partial charge in [-0.2, -0.15) is 0 Å². The third-order valence-corrected chi connectivity index (χ3v) is 3.89. The Morgan fingerprint density at radius 2 is 2.14 bits per heavy atom. The average molecular weight is 297 g/mol. The Balaban J connectivity index is 1.64. The van der Waals surface area contributed by atoms with Crippen molar-refractivity contribution < 1.29 is 9.53 Å². The summed E-state index contributed by atoms with van der Waals surface area (Å²) in [6.07, 6.45) is 4.56. The van der Waals surface area contributed by atoms with Gasteiger partial charge in [0, 0.05) is 44.0 Å². The van der Waals surface area contributed by atoms with Crippen molar-refractivity contribution in [3.63, 3.8) is 0 Å². The number of benzene rings is 1. The largest absolute Gasteiger partial charge is 0.380 e. The van der Waals surface area contributed by atoms with E-state index in [1.165, 1.54) is 0 Å². The molecule has 1 aliphatic heterocycles. The molecule has 1 aliphatic rings. The Morgan fingerprint density at radius 3 is 2.77 bits per heavy atom. The maximum Gasteiger partial charge on any atom is 0.257 e. The molecule has 1 N–H and O–H groups in total. The van der Waals surface area contributed by atoms with Gasteiger partial charge in [-0.1, -0.05) is 0 Å².